The Morgan fingerprint density at radius 2 is 1.68 bits per heavy atom. The summed E-state index contributed by atoms with van der Waals surface area (Å²) in [6.45, 7) is 12.0. The Morgan fingerprint density at radius 3 is 2.32 bits per heavy atom. The molecule has 2 heterocycles. The molecule has 148 valence electrons. The van der Waals surface area contributed by atoms with Crippen molar-refractivity contribution in [1.82, 2.24) is 10.3 Å². The van der Waals surface area contributed by atoms with Crippen LogP contribution in [-0.2, 0) is 6.42 Å². The lowest BCUT2D eigenvalue weighted by molar-refractivity contribution is 0.749. The summed E-state index contributed by atoms with van der Waals surface area (Å²) in [5, 5.41) is 6.40. The number of aromatic nitrogens is 1. The van der Waals surface area contributed by atoms with Crippen molar-refractivity contribution >= 4 is 21.7 Å². The first-order valence-electron chi connectivity index (χ1n) is 10.3. The van der Waals surface area contributed by atoms with E-state index in [0.29, 0.717) is 6.04 Å². The topological polar surface area (TPSA) is 44.9 Å². The molecule has 0 saturated heterocycles. The quantitative estimate of drug-likeness (QED) is 0.537. The molecule has 3 heteroatoms. The van der Waals surface area contributed by atoms with Gasteiger partial charge in [-0.1, -0.05) is 64.1 Å². The predicted molar refractivity (Wildman–Crippen MR) is 123 cm³/mol. The largest absolute Gasteiger partial charge is 0.385 e. The van der Waals surface area contributed by atoms with E-state index in [9.17, 15) is 4.79 Å². The Hall–Kier alpha value is -2.81. The molecule has 1 unspecified atom stereocenters. The summed E-state index contributed by atoms with van der Waals surface area (Å²) in [5.74, 6) is 0. The van der Waals surface area contributed by atoms with Gasteiger partial charge in [0.25, 0.3) is 0 Å². The molecule has 0 bridgehead atoms. The summed E-state index contributed by atoms with van der Waals surface area (Å²) in [6, 6.07) is 10.7. The van der Waals surface area contributed by atoms with Crippen molar-refractivity contribution in [3.05, 3.63) is 81.8 Å². The lowest BCUT2D eigenvalue weighted by atomic mass is 9.94. The molecule has 2 aromatic carbocycles. The van der Waals surface area contributed by atoms with Crippen LogP contribution in [0.15, 0.2) is 65.2 Å². The Labute approximate surface area is 168 Å². The first kappa shape index (κ1) is 21.5. The van der Waals surface area contributed by atoms with E-state index >= 15 is 0 Å². The molecule has 2 N–H and O–H groups in total. The van der Waals surface area contributed by atoms with Crippen LogP contribution in [0, 0.1) is 6.92 Å². The van der Waals surface area contributed by atoms with Crippen LogP contribution in [0.1, 0.15) is 45.7 Å². The zero-order valence-corrected chi connectivity index (χ0v) is 17.9. The van der Waals surface area contributed by atoms with Gasteiger partial charge < -0.3 is 10.3 Å². The van der Waals surface area contributed by atoms with Gasteiger partial charge in [0.05, 0.1) is 5.52 Å². The van der Waals surface area contributed by atoms with Crippen molar-refractivity contribution in [1.29, 1.82) is 0 Å². The van der Waals surface area contributed by atoms with E-state index in [1.165, 1.54) is 16.5 Å². The summed E-state index contributed by atoms with van der Waals surface area (Å²) in [4.78, 5) is 15.9. The first-order chi connectivity index (χ1) is 13.6. The number of nitrogens with one attached hydrogen (secondary N) is 2. The minimum atomic E-state index is 0.107. The number of allylic oxidation sites excluding steroid dienone is 2. The highest BCUT2D eigenvalue weighted by molar-refractivity contribution is 6.06. The van der Waals surface area contributed by atoms with Gasteiger partial charge in [-0.3, -0.25) is 4.79 Å². The van der Waals surface area contributed by atoms with E-state index in [1.807, 2.05) is 40.7 Å². The number of hydrogen-bond acceptors (Lipinski definition) is 2. The number of H-pyrrole nitrogens is 1. The Morgan fingerprint density at radius 1 is 1.00 bits per heavy atom. The molecule has 0 amide bonds. The molecule has 0 spiro atoms. The monoisotopic (exact) mass is 376 g/mol. The lowest BCUT2D eigenvalue weighted by Gasteiger charge is -2.16. The third-order valence-corrected chi connectivity index (χ3v) is 4.69. The van der Waals surface area contributed by atoms with Gasteiger partial charge in [-0.05, 0) is 42.9 Å². The summed E-state index contributed by atoms with van der Waals surface area (Å²) >= 11 is 0. The Kier molecular flexibility index (Phi) is 7.62. The molecule has 1 aliphatic rings. The van der Waals surface area contributed by atoms with E-state index < -0.39 is 0 Å². The number of pyridine rings is 1. The highest BCUT2D eigenvalue weighted by Crippen LogP contribution is 2.28. The van der Waals surface area contributed by atoms with Crippen LogP contribution in [-0.4, -0.2) is 11.0 Å². The van der Waals surface area contributed by atoms with Gasteiger partial charge in [0, 0.05) is 34.8 Å². The average Bonchev–Trinajstić information content (AvgIpc) is 2.75. The fraction of sp³-hybridized carbons (Fsp3) is 0.320. The van der Waals surface area contributed by atoms with E-state index in [2.05, 4.69) is 59.8 Å². The maximum atomic E-state index is 12.6. The average molecular weight is 377 g/mol. The van der Waals surface area contributed by atoms with Crippen LogP contribution >= 0.6 is 0 Å². The minimum absolute atomic E-state index is 0.107. The molecule has 4 rings (SSSR count). The Balaban J connectivity index is 0.000000660. The predicted octanol–water partition coefficient (Wildman–Crippen LogP) is 6.02. The number of rotatable bonds is 2. The maximum Gasteiger partial charge on any atom is 0.192 e. The van der Waals surface area contributed by atoms with Crippen LogP contribution in [0.3, 0.4) is 0 Å². The van der Waals surface area contributed by atoms with Crippen molar-refractivity contribution in [2.75, 3.05) is 0 Å². The summed E-state index contributed by atoms with van der Waals surface area (Å²) in [6.07, 6.45) is 9.01. The highest BCUT2D eigenvalue weighted by atomic mass is 16.1. The summed E-state index contributed by atoms with van der Waals surface area (Å²) in [7, 11) is 0. The second kappa shape index (κ2) is 9.93. The van der Waals surface area contributed by atoms with E-state index in [4.69, 9.17) is 0 Å². The molecular formula is C25H32N2O. The van der Waals surface area contributed by atoms with Gasteiger partial charge >= 0.3 is 0 Å². The minimum Gasteiger partial charge on any atom is -0.385 e. The molecule has 0 fully saturated rings. The fourth-order valence-electron chi connectivity index (χ4n) is 3.33. The standard InChI is InChI=1S/C21H20N2O.2C2H6/c1-13-11-23-20-18-6-4-3-5-17(18)16(10-19(20)21(13)24)9-15-8-7-14(2)22-12-15;2*1-2/h3-8,10-12,14,22H,9H2,1-2H3,(H,23,24);2*1-2H3. The van der Waals surface area contributed by atoms with E-state index in [1.54, 1.807) is 6.20 Å². The molecular weight excluding hydrogens is 344 g/mol. The van der Waals surface area contributed by atoms with Gasteiger partial charge in [0.1, 0.15) is 0 Å². The third kappa shape index (κ3) is 4.36. The molecule has 3 nitrogen and oxygen atoms in total. The van der Waals surface area contributed by atoms with Crippen LogP contribution in [0.5, 0.6) is 0 Å². The molecule has 3 aromatic rings. The van der Waals surface area contributed by atoms with Crippen molar-refractivity contribution in [3.63, 3.8) is 0 Å². The van der Waals surface area contributed by atoms with Gasteiger partial charge in [-0.2, -0.15) is 0 Å². The van der Waals surface area contributed by atoms with Crippen molar-refractivity contribution < 1.29 is 0 Å². The van der Waals surface area contributed by atoms with Crippen LogP contribution in [0.2, 0.25) is 0 Å². The van der Waals surface area contributed by atoms with E-state index in [-0.39, 0.29) is 5.43 Å². The van der Waals surface area contributed by atoms with Crippen molar-refractivity contribution in [2.24, 2.45) is 0 Å². The van der Waals surface area contributed by atoms with Crippen LogP contribution in [0.25, 0.3) is 21.7 Å². The maximum absolute atomic E-state index is 12.6. The molecule has 1 aromatic heterocycles. The molecule has 1 atom stereocenters. The smallest absolute Gasteiger partial charge is 0.192 e. The molecule has 1 aliphatic heterocycles. The zero-order chi connectivity index (χ0) is 20.7. The number of benzene rings is 2. The van der Waals surface area contributed by atoms with Gasteiger partial charge in [0.2, 0.25) is 0 Å². The van der Waals surface area contributed by atoms with Crippen LogP contribution in [0.4, 0.5) is 0 Å². The first-order valence-corrected chi connectivity index (χ1v) is 10.3. The second-order valence-corrected chi connectivity index (χ2v) is 6.52. The summed E-state index contributed by atoms with van der Waals surface area (Å²) in [5.41, 5.74) is 4.18. The van der Waals surface area contributed by atoms with E-state index in [0.717, 1.165) is 28.3 Å². The second-order valence-electron chi connectivity index (χ2n) is 6.52. The SMILES string of the molecule is CC.CC.Cc1c[nH]c2c(cc(CC3=CNC(C)C=C3)c3ccccc32)c1=O. The highest BCUT2D eigenvalue weighted by Gasteiger charge is 2.12. The molecule has 0 radical (unpaired) electrons. The Bertz CT molecular complexity index is 1060. The molecule has 0 saturated carbocycles. The van der Waals surface area contributed by atoms with Gasteiger partial charge in [0.15, 0.2) is 5.43 Å². The number of aromatic amines is 1. The zero-order valence-electron chi connectivity index (χ0n) is 17.9. The number of fused-ring (bicyclic) bond motifs is 3. The molecule has 0 aliphatic carbocycles. The normalized spacial score (nSPS) is 15.1. The van der Waals surface area contributed by atoms with Crippen molar-refractivity contribution in [3.8, 4) is 0 Å². The van der Waals surface area contributed by atoms with Gasteiger partial charge in [-0.25, -0.2) is 0 Å². The number of aryl methyl sites for hydroxylation is 1. The third-order valence-electron chi connectivity index (χ3n) is 4.69. The van der Waals surface area contributed by atoms with Crippen molar-refractivity contribution in [2.45, 2.75) is 54.0 Å². The fourth-order valence-corrected chi connectivity index (χ4v) is 3.33. The number of dihydropyridines is 1. The van der Waals surface area contributed by atoms with Crippen LogP contribution < -0.4 is 10.7 Å². The number of hydrogen-bond donors (Lipinski definition) is 2. The molecule has 28 heavy (non-hydrogen) atoms. The summed E-state index contributed by atoms with van der Waals surface area (Å²) < 4.78 is 0. The van der Waals surface area contributed by atoms with Gasteiger partial charge in [-0.15, -0.1) is 0 Å². The lowest BCUT2D eigenvalue weighted by Crippen LogP contribution is -2.21.